The van der Waals surface area contributed by atoms with E-state index in [1.54, 1.807) is 0 Å². The molecule has 0 atom stereocenters. The highest BCUT2D eigenvalue weighted by atomic mass is 35.5. The van der Waals surface area contributed by atoms with Gasteiger partial charge in [0.25, 0.3) is 5.69 Å². The van der Waals surface area contributed by atoms with Crippen LogP contribution in [0, 0.1) is 10.1 Å². The highest BCUT2D eigenvalue weighted by Crippen LogP contribution is 2.36. The summed E-state index contributed by atoms with van der Waals surface area (Å²) < 4.78 is 0. The van der Waals surface area contributed by atoms with Crippen LogP contribution in [-0.4, -0.2) is 22.3 Å². The fraction of sp³-hybridized carbons (Fsp3) is 0.250. The van der Waals surface area contributed by atoms with Crippen molar-refractivity contribution in [3.05, 3.63) is 27.3 Å². The lowest BCUT2D eigenvalue weighted by Gasteiger charge is -2.03. The van der Waals surface area contributed by atoms with Gasteiger partial charge in [0, 0.05) is 24.4 Å². The van der Waals surface area contributed by atoms with Crippen molar-refractivity contribution in [3.8, 4) is 5.75 Å². The standard InChI is InChI=1S/C8H9ClN2O3S.ClH/c9-5-3-6(11(13)14)8(4-7(5)12)15-2-1-10;/h3-4,12H,1-2,10H2;1H. The maximum atomic E-state index is 10.7. The van der Waals surface area contributed by atoms with Gasteiger partial charge < -0.3 is 10.8 Å². The summed E-state index contributed by atoms with van der Waals surface area (Å²) in [5, 5.41) is 19.9. The number of phenols is 1. The normalized spacial score (nSPS) is 9.62. The van der Waals surface area contributed by atoms with Crippen molar-refractivity contribution in [2.75, 3.05) is 12.3 Å². The van der Waals surface area contributed by atoms with Crippen LogP contribution in [-0.2, 0) is 0 Å². The molecule has 1 rings (SSSR count). The van der Waals surface area contributed by atoms with E-state index in [1.807, 2.05) is 0 Å². The minimum absolute atomic E-state index is 0. The van der Waals surface area contributed by atoms with Gasteiger partial charge in [0.15, 0.2) is 0 Å². The van der Waals surface area contributed by atoms with Crippen LogP contribution < -0.4 is 5.73 Å². The number of thioether (sulfide) groups is 1. The number of hydrogen-bond donors (Lipinski definition) is 2. The van der Waals surface area contributed by atoms with Crippen LogP contribution in [0.25, 0.3) is 0 Å². The topological polar surface area (TPSA) is 89.4 Å². The number of benzene rings is 1. The Kier molecular flexibility index (Phi) is 6.51. The molecule has 0 fully saturated rings. The van der Waals surface area contributed by atoms with E-state index in [4.69, 9.17) is 17.3 Å². The van der Waals surface area contributed by atoms with Gasteiger partial charge in [-0.15, -0.1) is 24.2 Å². The molecule has 0 amide bonds. The van der Waals surface area contributed by atoms with Crippen LogP contribution in [0.4, 0.5) is 5.69 Å². The Hall–Kier alpha value is -0.690. The van der Waals surface area contributed by atoms with Crippen molar-refractivity contribution < 1.29 is 10.0 Å². The van der Waals surface area contributed by atoms with Crippen molar-refractivity contribution in [1.82, 2.24) is 0 Å². The van der Waals surface area contributed by atoms with Crippen molar-refractivity contribution >= 4 is 41.5 Å². The zero-order valence-electron chi connectivity index (χ0n) is 8.05. The smallest absolute Gasteiger partial charge is 0.284 e. The molecule has 0 aromatic heterocycles. The lowest BCUT2D eigenvalue weighted by Crippen LogP contribution is -2.01. The quantitative estimate of drug-likeness (QED) is 0.504. The molecule has 1 aromatic rings. The lowest BCUT2D eigenvalue weighted by molar-refractivity contribution is -0.387. The maximum absolute atomic E-state index is 10.7. The van der Waals surface area contributed by atoms with Gasteiger partial charge in [0.1, 0.15) is 5.75 Å². The summed E-state index contributed by atoms with van der Waals surface area (Å²) >= 11 is 6.79. The van der Waals surface area contributed by atoms with Crippen molar-refractivity contribution in [2.24, 2.45) is 5.73 Å². The Morgan fingerprint density at radius 1 is 1.56 bits per heavy atom. The Morgan fingerprint density at radius 2 is 2.19 bits per heavy atom. The number of rotatable bonds is 4. The number of halogens is 2. The van der Waals surface area contributed by atoms with E-state index >= 15 is 0 Å². The largest absolute Gasteiger partial charge is 0.506 e. The van der Waals surface area contributed by atoms with Gasteiger partial charge in [-0.1, -0.05) is 11.6 Å². The number of nitro benzene ring substituents is 1. The SMILES string of the molecule is Cl.NCCSc1cc(O)c(Cl)cc1[N+](=O)[O-]. The summed E-state index contributed by atoms with van der Waals surface area (Å²) in [6, 6.07) is 2.41. The van der Waals surface area contributed by atoms with Crippen molar-refractivity contribution in [1.29, 1.82) is 0 Å². The molecule has 0 heterocycles. The number of nitrogens with zero attached hydrogens (tertiary/aromatic N) is 1. The molecule has 5 nitrogen and oxygen atoms in total. The minimum atomic E-state index is -0.538. The molecule has 0 aliphatic heterocycles. The zero-order chi connectivity index (χ0) is 11.4. The number of aromatic hydroxyl groups is 1. The molecule has 1 aromatic carbocycles. The first-order valence-corrected chi connectivity index (χ1v) is 5.42. The number of hydrogen-bond acceptors (Lipinski definition) is 5. The van der Waals surface area contributed by atoms with E-state index in [0.717, 1.165) is 6.07 Å². The molecule has 0 unspecified atom stereocenters. The third-order valence-corrected chi connectivity index (χ3v) is 2.98. The summed E-state index contributed by atoms with van der Waals surface area (Å²) in [5.74, 6) is 0.379. The van der Waals surface area contributed by atoms with Crippen LogP contribution in [0.5, 0.6) is 5.75 Å². The van der Waals surface area contributed by atoms with E-state index in [-0.39, 0.29) is 28.9 Å². The van der Waals surface area contributed by atoms with E-state index < -0.39 is 4.92 Å². The first-order chi connectivity index (χ1) is 7.06. The highest BCUT2D eigenvalue weighted by molar-refractivity contribution is 7.99. The molecule has 90 valence electrons. The van der Waals surface area contributed by atoms with Gasteiger partial charge in [-0.25, -0.2) is 0 Å². The lowest BCUT2D eigenvalue weighted by atomic mass is 10.3. The molecule has 0 bridgehead atoms. The zero-order valence-corrected chi connectivity index (χ0v) is 10.4. The van der Waals surface area contributed by atoms with Crippen LogP contribution in [0.15, 0.2) is 17.0 Å². The summed E-state index contributed by atoms with van der Waals surface area (Å²) in [4.78, 5) is 10.5. The molecule has 0 aliphatic carbocycles. The third-order valence-electron chi connectivity index (χ3n) is 1.60. The van der Waals surface area contributed by atoms with E-state index in [9.17, 15) is 15.2 Å². The molecule has 0 aliphatic rings. The molecule has 0 spiro atoms. The van der Waals surface area contributed by atoms with Gasteiger partial charge in [-0.2, -0.15) is 0 Å². The molecule has 0 radical (unpaired) electrons. The number of nitro groups is 1. The maximum Gasteiger partial charge on any atom is 0.284 e. The average molecular weight is 285 g/mol. The average Bonchev–Trinajstić information content (AvgIpc) is 2.19. The van der Waals surface area contributed by atoms with Gasteiger partial charge >= 0.3 is 0 Å². The second-order valence-electron chi connectivity index (χ2n) is 2.67. The van der Waals surface area contributed by atoms with Crippen LogP contribution in [0.2, 0.25) is 5.02 Å². The van der Waals surface area contributed by atoms with Crippen LogP contribution in [0.1, 0.15) is 0 Å². The Labute approximate surface area is 108 Å². The first kappa shape index (κ1) is 15.3. The highest BCUT2D eigenvalue weighted by Gasteiger charge is 2.17. The fourth-order valence-corrected chi connectivity index (χ4v) is 1.93. The van der Waals surface area contributed by atoms with Gasteiger partial charge in [0.05, 0.1) is 14.8 Å². The van der Waals surface area contributed by atoms with E-state index in [1.165, 1.54) is 17.8 Å². The number of nitrogens with two attached hydrogens (primary N) is 1. The molecule has 0 saturated heterocycles. The Morgan fingerprint density at radius 3 is 2.69 bits per heavy atom. The van der Waals surface area contributed by atoms with Crippen LogP contribution in [0.3, 0.4) is 0 Å². The molecular formula is C8H10Cl2N2O3S. The predicted molar refractivity (Wildman–Crippen MR) is 66.8 cm³/mol. The summed E-state index contributed by atoms with van der Waals surface area (Å²) in [7, 11) is 0. The van der Waals surface area contributed by atoms with E-state index in [2.05, 4.69) is 0 Å². The Balaban J connectivity index is 0.00000225. The summed E-state index contributed by atoms with van der Waals surface area (Å²) in [6.45, 7) is 0.408. The second kappa shape index (κ2) is 6.80. The van der Waals surface area contributed by atoms with Crippen LogP contribution >= 0.6 is 35.8 Å². The monoisotopic (exact) mass is 284 g/mol. The minimum Gasteiger partial charge on any atom is -0.506 e. The molecule has 16 heavy (non-hydrogen) atoms. The van der Waals surface area contributed by atoms with E-state index in [0.29, 0.717) is 17.2 Å². The molecule has 8 heteroatoms. The van der Waals surface area contributed by atoms with Crippen molar-refractivity contribution in [2.45, 2.75) is 4.90 Å². The van der Waals surface area contributed by atoms with Gasteiger partial charge in [-0.3, -0.25) is 10.1 Å². The second-order valence-corrected chi connectivity index (χ2v) is 4.21. The number of phenolic OH excluding ortho intramolecular Hbond substituents is 1. The Bertz CT molecular complexity index is 390. The molecule has 0 saturated carbocycles. The molecular weight excluding hydrogens is 275 g/mol. The molecule has 3 N–H and O–H groups in total. The predicted octanol–water partition coefficient (Wildman–Crippen LogP) is 2.43. The fourth-order valence-electron chi connectivity index (χ4n) is 0.959. The van der Waals surface area contributed by atoms with Gasteiger partial charge in [-0.05, 0) is 0 Å². The summed E-state index contributed by atoms with van der Waals surface area (Å²) in [5.41, 5.74) is 5.18. The summed E-state index contributed by atoms with van der Waals surface area (Å²) in [6.07, 6.45) is 0. The van der Waals surface area contributed by atoms with Crippen molar-refractivity contribution in [3.63, 3.8) is 0 Å². The van der Waals surface area contributed by atoms with Gasteiger partial charge in [0.2, 0.25) is 0 Å². The first-order valence-electron chi connectivity index (χ1n) is 4.06. The third kappa shape index (κ3) is 3.71.